The maximum Gasteiger partial charge on any atom is 0.153 e. The topological polar surface area (TPSA) is 42.7 Å². The summed E-state index contributed by atoms with van der Waals surface area (Å²) in [7, 11) is 0. The van der Waals surface area contributed by atoms with Crippen molar-refractivity contribution in [2.45, 2.75) is 39.3 Å². The molecule has 18 heavy (non-hydrogen) atoms. The van der Waals surface area contributed by atoms with Crippen LogP contribution in [-0.4, -0.2) is 20.8 Å². The monoisotopic (exact) mass is 242 g/mol. The van der Waals surface area contributed by atoms with E-state index in [0.29, 0.717) is 0 Å². The largest absolute Gasteiger partial charge is 0.310 e. The van der Waals surface area contributed by atoms with Gasteiger partial charge in [0.15, 0.2) is 5.82 Å². The molecule has 1 aliphatic rings. The number of nitrogens with zero attached hydrogens (tertiary/aromatic N) is 3. The van der Waals surface area contributed by atoms with Gasteiger partial charge in [-0.05, 0) is 38.8 Å². The lowest BCUT2D eigenvalue weighted by atomic mass is 10.2. The smallest absolute Gasteiger partial charge is 0.153 e. The van der Waals surface area contributed by atoms with Crippen LogP contribution in [0, 0.1) is 13.8 Å². The highest BCUT2D eigenvalue weighted by atomic mass is 15.3. The van der Waals surface area contributed by atoms with Crippen molar-refractivity contribution in [2.24, 2.45) is 0 Å². The molecule has 94 valence electrons. The van der Waals surface area contributed by atoms with E-state index in [1.807, 2.05) is 22.9 Å². The second kappa shape index (κ2) is 4.53. The normalized spacial score (nSPS) is 15.0. The fourth-order valence-electron chi connectivity index (χ4n) is 2.17. The van der Waals surface area contributed by atoms with E-state index < -0.39 is 0 Å². The molecule has 0 unspecified atom stereocenters. The van der Waals surface area contributed by atoms with Crippen molar-refractivity contribution in [3.05, 3.63) is 41.3 Å². The zero-order valence-corrected chi connectivity index (χ0v) is 10.8. The van der Waals surface area contributed by atoms with Crippen molar-refractivity contribution in [1.82, 2.24) is 20.1 Å². The van der Waals surface area contributed by atoms with Gasteiger partial charge in [0, 0.05) is 30.0 Å². The van der Waals surface area contributed by atoms with E-state index >= 15 is 0 Å². The molecule has 2 aromatic rings. The van der Waals surface area contributed by atoms with E-state index in [2.05, 4.69) is 29.2 Å². The molecule has 0 aliphatic heterocycles. The molecule has 1 saturated carbocycles. The summed E-state index contributed by atoms with van der Waals surface area (Å²) in [6.07, 6.45) is 4.42. The van der Waals surface area contributed by atoms with Crippen molar-refractivity contribution in [1.29, 1.82) is 0 Å². The minimum absolute atomic E-state index is 0.724. The first-order valence-corrected chi connectivity index (χ1v) is 6.45. The van der Waals surface area contributed by atoms with E-state index in [4.69, 9.17) is 0 Å². The summed E-state index contributed by atoms with van der Waals surface area (Å²) in [4.78, 5) is 4.35. The Morgan fingerprint density at radius 3 is 2.83 bits per heavy atom. The predicted molar refractivity (Wildman–Crippen MR) is 70.7 cm³/mol. The van der Waals surface area contributed by atoms with Crippen molar-refractivity contribution in [2.75, 3.05) is 0 Å². The Morgan fingerprint density at radius 2 is 2.17 bits per heavy atom. The number of aromatic nitrogens is 3. The standard InChI is InChI=1S/C14H18N4/c1-10-13(9-16-12-6-7-12)11(2)18(17-10)14-5-3-4-8-15-14/h3-5,8,12,16H,6-7,9H2,1-2H3. The predicted octanol–water partition coefficient (Wildman–Crippen LogP) is 2.14. The molecule has 3 rings (SSSR count). The van der Waals surface area contributed by atoms with Gasteiger partial charge >= 0.3 is 0 Å². The molecule has 0 saturated heterocycles. The highest BCUT2D eigenvalue weighted by molar-refractivity contribution is 5.32. The molecular weight excluding hydrogens is 224 g/mol. The average molecular weight is 242 g/mol. The second-order valence-corrected chi connectivity index (χ2v) is 4.90. The van der Waals surface area contributed by atoms with E-state index in [-0.39, 0.29) is 0 Å². The third-order valence-corrected chi connectivity index (χ3v) is 3.45. The Labute approximate surface area is 107 Å². The number of rotatable bonds is 4. The van der Waals surface area contributed by atoms with Crippen molar-refractivity contribution >= 4 is 0 Å². The lowest BCUT2D eigenvalue weighted by Gasteiger charge is -2.05. The molecule has 4 nitrogen and oxygen atoms in total. The van der Waals surface area contributed by atoms with Crippen LogP contribution in [0.4, 0.5) is 0 Å². The highest BCUT2D eigenvalue weighted by Crippen LogP contribution is 2.21. The zero-order valence-electron chi connectivity index (χ0n) is 10.8. The molecular formula is C14H18N4. The molecule has 2 heterocycles. The van der Waals surface area contributed by atoms with Crippen LogP contribution in [0.3, 0.4) is 0 Å². The van der Waals surface area contributed by atoms with Crippen LogP contribution in [0.5, 0.6) is 0 Å². The highest BCUT2D eigenvalue weighted by Gasteiger charge is 2.22. The van der Waals surface area contributed by atoms with Gasteiger partial charge in [0.1, 0.15) is 0 Å². The molecule has 4 heteroatoms. The van der Waals surface area contributed by atoms with Crippen LogP contribution in [0.1, 0.15) is 29.8 Å². The van der Waals surface area contributed by atoms with Gasteiger partial charge in [-0.2, -0.15) is 5.10 Å². The Hall–Kier alpha value is -1.68. The van der Waals surface area contributed by atoms with Gasteiger partial charge in [0.25, 0.3) is 0 Å². The fraction of sp³-hybridized carbons (Fsp3) is 0.429. The zero-order chi connectivity index (χ0) is 12.5. The van der Waals surface area contributed by atoms with Crippen LogP contribution in [-0.2, 0) is 6.54 Å². The van der Waals surface area contributed by atoms with Crippen LogP contribution in [0.25, 0.3) is 5.82 Å². The lowest BCUT2D eigenvalue weighted by Crippen LogP contribution is -2.16. The van der Waals surface area contributed by atoms with E-state index in [1.165, 1.54) is 24.1 Å². The first-order chi connectivity index (χ1) is 8.75. The summed E-state index contributed by atoms with van der Waals surface area (Å²) in [6, 6.07) is 6.62. The molecule has 1 N–H and O–H groups in total. The van der Waals surface area contributed by atoms with E-state index in [0.717, 1.165) is 24.1 Å². The van der Waals surface area contributed by atoms with Gasteiger partial charge in [0.2, 0.25) is 0 Å². The fourth-order valence-corrected chi connectivity index (χ4v) is 2.17. The molecule has 0 radical (unpaired) electrons. The first kappa shape index (κ1) is 11.4. The number of hydrogen-bond acceptors (Lipinski definition) is 3. The number of aryl methyl sites for hydroxylation is 1. The van der Waals surface area contributed by atoms with Crippen molar-refractivity contribution < 1.29 is 0 Å². The maximum atomic E-state index is 4.59. The van der Waals surface area contributed by atoms with Crippen LogP contribution >= 0.6 is 0 Å². The molecule has 0 amide bonds. The number of hydrogen-bond donors (Lipinski definition) is 1. The SMILES string of the molecule is Cc1nn(-c2ccccn2)c(C)c1CNC1CC1. The third kappa shape index (κ3) is 2.16. The van der Waals surface area contributed by atoms with Crippen LogP contribution < -0.4 is 5.32 Å². The molecule has 0 aromatic carbocycles. The maximum absolute atomic E-state index is 4.59. The number of nitrogens with one attached hydrogen (secondary N) is 1. The molecule has 1 aliphatic carbocycles. The van der Waals surface area contributed by atoms with Crippen molar-refractivity contribution in [3.8, 4) is 5.82 Å². The average Bonchev–Trinajstić information content (AvgIpc) is 3.16. The Morgan fingerprint density at radius 1 is 1.33 bits per heavy atom. The van der Waals surface area contributed by atoms with Gasteiger partial charge in [-0.1, -0.05) is 6.07 Å². The second-order valence-electron chi connectivity index (χ2n) is 4.90. The van der Waals surface area contributed by atoms with Crippen molar-refractivity contribution in [3.63, 3.8) is 0 Å². The molecule has 0 bridgehead atoms. The minimum Gasteiger partial charge on any atom is -0.310 e. The van der Waals surface area contributed by atoms with Crippen LogP contribution in [0.2, 0.25) is 0 Å². The van der Waals surface area contributed by atoms with Gasteiger partial charge in [0.05, 0.1) is 5.69 Å². The Balaban J connectivity index is 1.89. The van der Waals surface area contributed by atoms with Crippen LogP contribution in [0.15, 0.2) is 24.4 Å². The number of pyridine rings is 1. The van der Waals surface area contributed by atoms with Gasteiger partial charge < -0.3 is 5.32 Å². The van der Waals surface area contributed by atoms with Gasteiger partial charge in [-0.15, -0.1) is 0 Å². The summed E-state index contributed by atoms with van der Waals surface area (Å²) in [5, 5.41) is 8.14. The Kier molecular flexibility index (Phi) is 2.88. The van der Waals surface area contributed by atoms with Gasteiger partial charge in [-0.25, -0.2) is 9.67 Å². The minimum atomic E-state index is 0.724. The van der Waals surface area contributed by atoms with E-state index in [9.17, 15) is 0 Å². The molecule has 0 spiro atoms. The lowest BCUT2D eigenvalue weighted by molar-refractivity contribution is 0.682. The summed E-state index contributed by atoms with van der Waals surface area (Å²) in [5.41, 5.74) is 3.57. The summed E-state index contributed by atoms with van der Waals surface area (Å²) < 4.78 is 1.93. The molecule has 1 fully saturated rings. The van der Waals surface area contributed by atoms with E-state index in [1.54, 1.807) is 6.20 Å². The molecule has 2 aromatic heterocycles. The first-order valence-electron chi connectivity index (χ1n) is 6.45. The van der Waals surface area contributed by atoms with Gasteiger partial charge in [-0.3, -0.25) is 0 Å². The summed E-state index contributed by atoms with van der Waals surface area (Å²) in [5.74, 6) is 0.885. The Bertz CT molecular complexity index is 540. The third-order valence-electron chi connectivity index (χ3n) is 3.45. The quantitative estimate of drug-likeness (QED) is 0.893. The summed E-state index contributed by atoms with van der Waals surface area (Å²) >= 11 is 0. The molecule has 0 atom stereocenters. The summed E-state index contributed by atoms with van der Waals surface area (Å²) in [6.45, 7) is 5.09.